The van der Waals surface area contributed by atoms with Gasteiger partial charge in [0.15, 0.2) is 0 Å². The molecule has 1 aliphatic heterocycles. The largest absolute Gasteiger partial charge is 0.394 e. The molecular weight excluding hydrogens is 212 g/mol. The molecule has 6 nitrogen and oxygen atoms in total. The number of carbonyl (C=O) groups excluding carboxylic acids is 1. The molecule has 0 atom stereocenters. The van der Waals surface area contributed by atoms with Gasteiger partial charge < -0.3 is 25.5 Å². The molecule has 1 aliphatic rings. The summed E-state index contributed by atoms with van der Waals surface area (Å²) in [4.78, 5) is 12.7. The molecule has 6 heteroatoms. The van der Waals surface area contributed by atoms with E-state index in [1.54, 1.807) is 4.90 Å². The van der Waals surface area contributed by atoms with Gasteiger partial charge in [-0.3, -0.25) is 4.79 Å². The normalized spacial score (nSPS) is 17.4. The van der Waals surface area contributed by atoms with Crippen LogP contribution in [0.25, 0.3) is 0 Å². The molecule has 16 heavy (non-hydrogen) atoms. The van der Waals surface area contributed by atoms with Gasteiger partial charge in [0.25, 0.3) is 0 Å². The molecule has 4 N–H and O–H groups in total. The van der Waals surface area contributed by atoms with Gasteiger partial charge in [0.2, 0.25) is 5.91 Å². The minimum Gasteiger partial charge on any atom is -0.394 e. The second-order valence-corrected chi connectivity index (χ2v) is 4.43. The lowest BCUT2D eigenvalue weighted by Gasteiger charge is -2.41. The van der Waals surface area contributed by atoms with Crippen molar-refractivity contribution in [3.8, 4) is 0 Å². The summed E-state index contributed by atoms with van der Waals surface area (Å²) in [6.07, 6.45) is 0. The quantitative estimate of drug-likeness (QED) is 0.416. The van der Waals surface area contributed by atoms with E-state index in [9.17, 15) is 4.79 Å². The predicted octanol–water partition coefficient (Wildman–Crippen LogP) is -2.23. The van der Waals surface area contributed by atoms with Gasteiger partial charge in [0.1, 0.15) is 0 Å². The molecule has 94 valence electrons. The Balaban J connectivity index is 2.27. The Morgan fingerprint density at radius 3 is 2.19 bits per heavy atom. The lowest BCUT2D eigenvalue weighted by atomic mass is 9.97. The molecule has 1 amide bonds. The third kappa shape index (κ3) is 2.91. The predicted molar refractivity (Wildman–Crippen MR) is 57.7 cm³/mol. The van der Waals surface area contributed by atoms with Gasteiger partial charge >= 0.3 is 0 Å². The molecule has 0 aliphatic carbocycles. The number of hydrogen-bond donors (Lipinski definition) is 4. The minimum atomic E-state index is -1.02. The van der Waals surface area contributed by atoms with E-state index in [-0.39, 0.29) is 25.7 Å². The van der Waals surface area contributed by atoms with Crippen LogP contribution in [0.5, 0.6) is 0 Å². The minimum absolute atomic E-state index is 0.0639. The number of hydrogen-bond acceptors (Lipinski definition) is 5. The Labute approximate surface area is 94.9 Å². The molecule has 0 bridgehead atoms. The Morgan fingerprint density at radius 1 is 1.31 bits per heavy atom. The van der Waals surface area contributed by atoms with Crippen molar-refractivity contribution in [1.29, 1.82) is 0 Å². The molecule has 0 spiro atoms. The second-order valence-electron chi connectivity index (χ2n) is 4.43. The molecule has 0 aromatic carbocycles. The summed E-state index contributed by atoms with van der Waals surface area (Å²) in [5.74, 6) is 0.391. The maximum absolute atomic E-state index is 10.9. The highest BCUT2D eigenvalue weighted by Gasteiger charge is 2.32. The Kier molecular flexibility index (Phi) is 4.67. The van der Waals surface area contributed by atoms with Crippen molar-refractivity contribution in [1.82, 2.24) is 10.2 Å². The Hall–Kier alpha value is -0.690. The highest BCUT2D eigenvalue weighted by Crippen LogP contribution is 2.15. The van der Waals surface area contributed by atoms with Crippen LogP contribution in [-0.4, -0.2) is 71.1 Å². The average molecular weight is 232 g/mol. The summed E-state index contributed by atoms with van der Waals surface area (Å²) >= 11 is 0. The van der Waals surface area contributed by atoms with E-state index >= 15 is 0 Å². The number of aliphatic hydroxyl groups is 3. The number of rotatable bonds is 6. The van der Waals surface area contributed by atoms with Crippen LogP contribution in [0.15, 0.2) is 0 Å². The van der Waals surface area contributed by atoms with Crippen molar-refractivity contribution in [2.45, 2.75) is 12.5 Å². The Bertz CT molecular complexity index is 229. The summed E-state index contributed by atoms with van der Waals surface area (Å²) in [6, 6.07) is 0. The van der Waals surface area contributed by atoms with Crippen LogP contribution in [0.1, 0.15) is 6.92 Å². The third-order valence-corrected chi connectivity index (χ3v) is 3.08. The first-order valence-corrected chi connectivity index (χ1v) is 5.40. The van der Waals surface area contributed by atoms with Crippen molar-refractivity contribution in [3.05, 3.63) is 0 Å². The van der Waals surface area contributed by atoms with E-state index in [4.69, 9.17) is 15.3 Å². The van der Waals surface area contributed by atoms with Gasteiger partial charge in [-0.2, -0.15) is 0 Å². The average Bonchev–Trinajstić information content (AvgIpc) is 2.22. The first kappa shape index (κ1) is 13.4. The van der Waals surface area contributed by atoms with E-state index < -0.39 is 5.54 Å². The standard InChI is InChI=1S/C10H20N2O4/c1-8(16)12-3-9(4-12)2-11-10(5-13,6-14)7-15/h9,11,13-15H,2-7H2,1H3. The number of nitrogens with one attached hydrogen (secondary N) is 1. The van der Waals surface area contributed by atoms with Gasteiger partial charge in [-0.25, -0.2) is 0 Å². The second kappa shape index (κ2) is 5.58. The van der Waals surface area contributed by atoms with Crippen LogP contribution in [0.2, 0.25) is 0 Å². The Morgan fingerprint density at radius 2 is 1.81 bits per heavy atom. The van der Waals surface area contributed by atoms with Crippen molar-refractivity contribution >= 4 is 5.91 Å². The molecule has 0 radical (unpaired) electrons. The van der Waals surface area contributed by atoms with Crippen molar-refractivity contribution in [2.75, 3.05) is 39.5 Å². The first-order valence-electron chi connectivity index (χ1n) is 5.40. The number of likely N-dealkylation sites (tertiary alicyclic amines) is 1. The maximum atomic E-state index is 10.9. The zero-order valence-corrected chi connectivity index (χ0v) is 9.52. The fourth-order valence-corrected chi connectivity index (χ4v) is 1.63. The fourth-order valence-electron chi connectivity index (χ4n) is 1.63. The molecular formula is C10H20N2O4. The first-order chi connectivity index (χ1) is 7.56. The van der Waals surface area contributed by atoms with Crippen molar-refractivity contribution < 1.29 is 20.1 Å². The van der Waals surface area contributed by atoms with Crippen LogP contribution in [0, 0.1) is 5.92 Å². The van der Waals surface area contributed by atoms with E-state index in [1.807, 2.05) is 0 Å². The summed E-state index contributed by atoms with van der Waals surface area (Å²) < 4.78 is 0. The lowest BCUT2D eigenvalue weighted by molar-refractivity contribution is -0.135. The monoisotopic (exact) mass is 232 g/mol. The zero-order valence-electron chi connectivity index (χ0n) is 9.52. The molecule has 1 rings (SSSR count). The zero-order chi connectivity index (χ0) is 12.2. The highest BCUT2D eigenvalue weighted by atomic mass is 16.3. The number of aliphatic hydroxyl groups excluding tert-OH is 3. The van der Waals surface area contributed by atoms with Gasteiger partial charge in [-0.05, 0) is 0 Å². The number of amides is 1. The smallest absolute Gasteiger partial charge is 0.219 e. The summed E-state index contributed by atoms with van der Waals surface area (Å²) in [5, 5.41) is 30.2. The molecule has 0 aromatic rings. The molecule has 1 fully saturated rings. The topological polar surface area (TPSA) is 93.0 Å². The van der Waals surface area contributed by atoms with E-state index in [2.05, 4.69) is 5.32 Å². The van der Waals surface area contributed by atoms with Crippen molar-refractivity contribution in [2.24, 2.45) is 5.92 Å². The third-order valence-electron chi connectivity index (χ3n) is 3.08. The van der Waals surface area contributed by atoms with Crippen LogP contribution in [0.4, 0.5) is 0 Å². The highest BCUT2D eigenvalue weighted by molar-refractivity contribution is 5.74. The van der Waals surface area contributed by atoms with Crippen LogP contribution >= 0.6 is 0 Å². The molecule has 1 heterocycles. The van der Waals surface area contributed by atoms with Gasteiger partial charge in [0.05, 0.1) is 25.4 Å². The lowest BCUT2D eigenvalue weighted by Crippen LogP contribution is -2.60. The molecule has 0 aromatic heterocycles. The van der Waals surface area contributed by atoms with E-state index in [0.717, 1.165) is 0 Å². The van der Waals surface area contributed by atoms with E-state index in [0.29, 0.717) is 25.6 Å². The summed E-state index contributed by atoms with van der Waals surface area (Å²) in [5.41, 5.74) is -1.02. The van der Waals surface area contributed by atoms with Gasteiger partial charge in [-0.1, -0.05) is 0 Å². The van der Waals surface area contributed by atoms with Crippen molar-refractivity contribution in [3.63, 3.8) is 0 Å². The molecule has 0 saturated carbocycles. The number of carbonyl (C=O) groups is 1. The van der Waals surface area contributed by atoms with Crippen LogP contribution in [-0.2, 0) is 4.79 Å². The maximum Gasteiger partial charge on any atom is 0.219 e. The molecule has 0 unspecified atom stereocenters. The van der Waals surface area contributed by atoms with Crippen LogP contribution < -0.4 is 5.32 Å². The fraction of sp³-hybridized carbons (Fsp3) is 0.900. The van der Waals surface area contributed by atoms with E-state index in [1.165, 1.54) is 6.92 Å². The molecule has 1 saturated heterocycles. The summed E-state index contributed by atoms with van der Waals surface area (Å²) in [6.45, 7) is 2.55. The SMILES string of the molecule is CC(=O)N1CC(CNC(CO)(CO)CO)C1. The van der Waals surface area contributed by atoms with Gasteiger partial charge in [-0.15, -0.1) is 0 Å². The number of nitrogens with zero attached hydrogens (tertiary/aromatic N) is 1. The van der Waals surface area contributed by atoms with Crippen LogP contribution in [0.3, 0.4) is 0 Å². The van der Waals surface area contributed by atoms with Gasteiger partial charge in [0, 0.05) is 32.5 Å². The summed E-state index contributed by atoms with van der Waals surface area (Å²) in [7, 11) is 0.